The van der Waals surface area contributed by atoms with Crippen LogP contribution in [0.2, 0.25) is 0 Å². The van der Waals surface area contributed by atoms with Crippen molar-refractivity contribution in [1.82, 2.24) is 14.8 Å². The van der Waals surface area contributed by atoms with Gasteiger partial charge in [0, 0.05) is 23.5 Å². The molecule has 0 N–H and O–H groups in total. The summed E-state index contributed by atoms with van der Waals surface area (Å²) >= 11 is 1.40. The molecule has 30 heavy (non-hydrogen) atoms. The highest BCUT2D eigenvalue weighted by Gasteiger charge is 2.20. The molecule has 0 aliphatic rings. The van der Waals surface area contributed by atoms with Crippen LogP contribution in [0, 0.1) is 0 Å². The third-order valence-electron chi connectivity index (χ3n) is 4.63. The van der Waals surface area contributed by atoms with Crippen LogP contribution in [0.25, 0.3) is 5.69 Å². The summed E-state index contributed by atoms with van der Waals surface area (Å²) in [7, 11) is 0. The first-order valence-electron chi connectivity index (χ1n) is 9.83. The van der Waals surface area contributed by atoms with Crippen LogP contribution < -0.4 is 4.90 Å². The van der Waals surface area contributed by atoms with E-state index in [9.17, 15) is 4.79 Å². The second kappa shape index (κ2) is 9.41. The second-order valence-corrected chi connectivity index (χ2v) is 7.55. The molecule has 1 amide bonds. The Morgan fingerprint density at radius 1 is 0.833 bits per heavy atom. The first kappa shape index (κ1) is 19.9. The van der Waals surface area contributed by atoms with Gasteiger partial charge in [0.2, 0.25) is 5.91 Å². The Morgan fingerprint density at radius 3 is 1.90 bits per heavy atom. The fourth-order valence-corrected chi connectivity index (χ4v) is 4.06. The first-order valence-corrected chi connectivity index (χ1v) is 10.8. The zero-order valence-electron chi connectivity index (χ0n) is 16.7. The number of thioether (sulfide) groups is 1. The van der Waals surface area contributed by atoms with Gasteiger partial charge in [0.15, 0.2) is 5.16 Å². The molecule has 4 rings (SSSR count). The minimum Gasteiger partial charge on any atom is -0.280 e. The molecule has 0 aliphatic heterocycles. The van der Waals surface area contributed by atoms with E-state index in [-0.39, 0.29) is 11.7 Å². The van der Waals surface area contributed by atoms with Crippen molar-refractivity contribution in [2.45, 2.75) is 18.5 Å². The molecule has 4 aromatic rings. The van der Waals surface area contributed by atoms with Crippen molar-refractivity contribution in [3.05, 3.63) is 96.8 Å². The summed E-state index contributed by atoms with van der Waals surface area (Å²) in [5.41, 5.74) is 2.68. The molecule has 0 spiro atoms. The van der Waals surface area contributed by atoms with Gasteiger partial charge in [0.05, 0.1) is 5.75 Å². The summed E-state index contributed by atoms with van der Waals surface area (Å²) in [5, 5.41) is 9.38. The van der Waals surface area contributed by atoms with Gasteiger partial charge >= 0.3 is 0 Å². The largest absolute Gasteiger partial charge is 0.280 e. The summed E-state index contributed by atoms with van der Waals surface area (Å²) in [6, 6.07) is 29.4. The molecule has 6 heteroatoms. The molecule has 0 fully saturated rings. The van der Waals surface area contributed by atoms with Gasteiger partial charge in [-0.05, 0) is 36.4 Å². The van der Waals surface area contributed by atoms with E-state index in [0.717, 1.165) is 29.3 Å². The number of para-hydroxylation sites is 3. The smallest absolute Gasteiger partial charge is 0.242 e. The lowest BCUT2D eigenvalue weighted by Gasteiger charge is -2.23. The molecule has 1 heterocycles. The Bertz CT molecular complexity index is 1060. The molecule has 5 nitrogen and oxygen atoms in total. The summed E-state index contributed by atoms with van der Waals surface area (Å²) < 4.78 is 2.02. The van der Waals surface area contributed by atoms with Gasteiger partial charge in [0.25, 0.3) is 0 Å². The molecule has 0 atom stereocenters. The van der Waals surface area contributed by atoms with E-state index in [0.29, 0.717) is 5.16 Å². The van der Waals surface area contributed by atoms with Gasteiger partial charge < -0.3 is 0 Å². The van der Waals surface area contributed by atoms with Gasteiger partial charge in [-0.25, -0.2) is 0 Å². The number of carbonyl (C=O) groups is 1. The molecule has 0 saturated carbocycles. The molecule has 0 saturated heterocycles. The SMILES string of the molecule is CCc1nnc(SCC(=O)N(c2ccccc2)c2ccccc2)n1-c1ccccc1. The van der Waals surface area contributed by atoms with Crippen molar-refractivity contribution in [3.8, 4) is 5.69 Å². The van der Waals surface area contributed by atoms with E-state index in [1.54, 1.807) is 4.90 Å². The second-order valence-electron chi connectivity index (χ2n) is 6.61. The van der Waals surface area contributed by atoms with Crippen LogP contribution in [0.5, 0.6) is 0 Å². The molecule has 0 unspecified atom stereocenters. The van der Waals surface area contributed by atoms with Crippen molar-refractivity contribution in [1.29, 1.82) is 0 Å². The molecule has 0 radical (unpaired) electrons. The number of nitrogens with zero attached hydrogens (tertiary/aromatic N) is 4. The average molecular weight is 415 g/mol. The Morgan fingerprint density at radius 2 is 1.37 bits per heavy atom. The Kier molecular flexibility index (Phi) is 6.25. The van der Waals surface area contributed by atoms with Crippen LogP contribution in [-0.2, 0) is 11.2 Å². The van der Waals surface area contributed by atoms with Gasteiger partial charge in [-0.15, -0.1) is 10.2 Å². The fourth-order valence-electron chi connectivity index (χ4n) is 3.24. The number of aromatic nitrogens is 3. The van der Waals surface area contributed by atoms with Crippen molar-refractivity contribution < 1.29 is 4.79 Å². The topological polar surface area (TPSA) is 51.0 Å². The summed E-state index contributed by atoms with van der Waals surface area (Å²) in [5.74, 6) is 1.11. The monoisotopic (exact) mass is 414 g/mol. The molecule has 0 aliphatic carbocycles. The number of carbonyl (C=O) groups excluding carboxylic acids is 1. The van der Waals surface area contributed by atoms with E-state index in [4.69, 9.17) is 0 Å². The summed E-state index contributed by atoms with van der Waals surface area (Å²) in [6.07, 6.45) is 0.760. The maximum absolute atomic E-state index is 13.3. The number of amides is 1. The van der Waals surface area contributed by atoms with Crippen LogP contribution in [0.1, 0.15) is 12.7 Å². The highest BCUT2D eigenvalue weighted by molar-refractivity contribution is 7.99. The normalized spacial score (nSPS) is 10.7. The van der Waals surface area contributed by atoms with Crippen LogP contribution >= 0.6 is 11.8 Å². The molecule has 0 bridgehead atoms. The molecule has 3 aromatic carbocycles. The average Bonchev–Trinajstić information content (AvgIpc) is 3.23. The lowest BCUT2D eigenvalue weighted by Crippen LogP contribution is -2.27. The third kappa shape index (κ3) is 4.28. The number of hydrogen-bond acceptors (Lipinski definition) is 4. The van der Waals surface area contributed by atoms with Gasteiger partial charge in [-0.1, -0.05) is 73.3 Å². The van der Waals surface area contributed by atoms with Gasteiger partial charge in [0.1, 0.15) is 5.82 Å². The van der Waals surface area contributed by atoms with Crippen molar-refractivity contribution in [2.75, 3.05) is 10.7 Å². The number of benzene rings is 3. The van der Waals surface area contributed by atoms with E-state index >= 15 is 0 Å². The van der Waals surface area contributed by atoms with E-state index in [1.807, 2.05) is 95.6 Å². The predicted octanol–water partition coefficient (Wildman–Crippen LogP) is 5.29. The Labute approximate surface area is 180 Å². The van der Waals surface area contributed by atoms with Crippen molar-refractivity contribution in [2.24, 2.45) is 0 Å². The molecule has 150 valence electrons. The van der Waals surface area contributed by atoms with Gasteiger partial charge in [-0.2, -0.15) is 0 Å². The third-order valence-corrected chi connectivity index (χ3v) is 5.55. The van der Waals surface area contributed by atoms with E-state index in [1.165, 1.54) is 11.8 Å². The molecule has 1 aromatic heterocycles. The minimum absolute atomic E-state index is 0.0157. The maximum Gasteiger partial charge on any atom is 0.242 e. The Balaban J connectivity index is 1.60. The number of anilines is 2. The quantitative estimate of drug-likeness (QED) is 0.386. The maximum atomic E-state index is 13.3. The van der Waals surface area contributed by atoms with Crippen LogP contribution in [0.4, 0.5) is 11.4 Å². The highest BCUT2D eigenvalue weighted by Crippen LogP contribution is 2.28. The molecular formula is C24H22N4OS. The molecular weight excluding hydrogens is 392 g/mol. The van der Waals surface area contributed by atoms with Crippen LogP contribution in [-0.4, -0.2) is 26.4 Å². The lowest BCUT2D eigenvalue weighted by molar-refractivity contribution is -0.115. The standard InChI is InChI=1S/C24H22N4OS/c1-2-22-25-26-24(28(22)21-16-10-5-11-17-21)30-18-23(29)27(19-12-6-3-7-13-19)20-14-8-4-9-15-20/h3-17H,2,18H2,1H3. The van der Waals surface area contributed by atoms with E-state index in [2.05, 4.69) is 17.1 Å². The van der Waals surface area contributed by atoms with Crippen LogP contribution in [0.3, 0.4) is 0 Å². The minimum atomic E-state index is -0.0157. The van der Waals surface area contributed by atoms with Crippen molar-refractivity contribution >= 4 is 29.0 Å². The highest BCUT2D eigenvalue weighted by atomic mass is 32.2. The summed E-state index contributed by atoms with van der Waals surface area (Å²) in [4.78, 5) is 15.0. The van der Waals surface area contributed by atoms with Crippen molar-refractivity contribution in [3.63, 3.8) is 0 Å². The number of rotatable bonds is 7. The van der Waals surface area contributed by atoms with E-state index < -0.39 is 0 Å². The van der Waals surface area contributed by atoms with Gasteiger partial charge in [-0.3, -0.25) is 14.3 Å². The number of aryl methyl sites for hydroxylation is 1. The zero-order chi connectivity index (χ0) is 20.8. The lowest BCUT2D eigenvalue weighted by atomic mass is 10.2. The fraction of sp³-hybridized carbons (Fsp3) is 0.125. The predicted molar refractivity (Wildman–Crippen MR) is 121 cm³/mol. The first-order chi connectivity index (χ1) is 14.8. The zero-order valence-corrected chi connectivity index (χ0v) is 17.5. The number of hydrogen-bond donors (Lipinski definition) is 0. The Hall–Kier alpha value is -3.38. The van der Waals surface area contributed by atoms with Crippen LogP contribution in [0.15, 0.2) is 96.2 Å². The summed E-state index contributed by atoms with van der Waals surface area (Å²) in [6.45, 7) is 2.05.